The third-order valence-electron chi connectivity index (χ3n) is 2.74. The van der Waals surface area contributed by atoms with Crippen LogP contribution in [0.5, 0.6) is 0 Å². The van der Waals surface area contributed by atoms with Crippen LogP contribution in [0.15, 0.2) is 0 Å². The number of nitrogens with one attached hydrogen (secondary N) is 1. The van der Waals surface area contributed by atoms with E-state index in [-0.39, 0.29) is 11.9 Å². The van der Waals surface area contributed by atoms with Crippen LogP contribution >= 0.6 is 11.3 Å². The SMILES string of the molecule is CNCc1nc2c(s1)C(=O)N(C(C)C)CC2. The van der Waals surface area contributed by atoms with Crippen molar-refractivity contribution in [3.63, 3.8) is 0 Å². The topological polar surface area (TPSA) is 45.2 Å². The minimum atomic E-state index is 0.149. The average Bonchev–Trinajstić information content (AvgIpc) is 2.62. The summed E-state index contributed by atoms with van der Waals surface area (Å²) in [5.74, 6) is 0.149. The van der Waals surface area contributed by atoms with E-state index in [1.54, 1.807) is 0 Å². The molecule has 1 aromatic heterocycles. The third kappa shape index (κ3) is 1.97. The second-order valence-corrected chi connectivity index (χ2v) is 5.34. The van der Waals surface area contributed by atoms with Gasteiger partial charge < -0.3 is 10.2 Å². The van der Waals surface area contributed by atoms with Gasteiger partial charge in [-0.3, -0.25) is 4.79 Å². The van der Waals surface area contributed by atoms with Crippen LogP contribution < -0.4 is 5.32 Å². The zero-order chi connectivity index (χ0) is 11.7. The van der Waals surface area contributed by atoms with Gasteiger partial charge in [0.25, 0.3) is 5.91 Å². The number of amides is 1. The minimum Gasteiger partial charge on any atom is -0.335 e. The fourth-order valence-corrected chi connectivity index (χ4v) is 2.99. The summed E-state index contributed by atoms with van der Waals surface area (Å²) >= 11 is 1.52. The first-order chi connectivity index (χ1) is 7.63. The number of carbonyl (C=O) groups excluding carboxylic acids is 1. The molecule has 1 aliphatic rings. The first-order valence-corrected chi connectivity index (χ1v) is 6.39. The van der Waals surface area contributed by atoms with E-state index < -0.39 is 0 Å². The van der Waals surface area contributed by atoms with Gasteiger partial charge in [-0.05, 0) is 20.9 Å². The molecule has 1 aliphatic heterocycles. The number of thiazole rings is 1. The molecule has 0 spiro atoms. The van der Waals surface area contributed by atoms with E-state index in [9.17, 15) is 4.79 Å². The molecule has 2 heterocycles. The summed E-state index contributed by atoms with van der Waals surface area (Å²) in [6, 6.07) is 0.274. The van der Waals surface area contributed by atoms with Gasteiger partial charge in [-0.1, -0.05) is 0 Å². The van der Waals surface area contributed by atoms with Crippen molar-refractivity contribution in [3.05, 3.63) is 15.6 Å². The first kappa shape index (κ1) is 11.5. The van der Waals surface area contributed by atoms with E-state index in [0.29, 0.717) is 0 Å². The van der Waals surface area contributed by atoms with Crippen molar-refractivity contribution >= 4 is 17.2 Å². The van der Waals surface area contributed by atoms with Gasteiger partial charge in [0.2, 0.25) is 0 Å². The highest BCUT2D eigenvalue weighted by Crippen LogP contribution is 2.26. The van der Waals surface area contributed by atoms with Crippen molar-refractivity contribution < 1.29 is 4.79 Å². The molecule has 0 fully saturated rings. The predicted molar refractivity (Wildman–Crippen MR) is 64.8 cm³/mol. The van der Waals surface area contributed by atoms with Gasteiger partial charge in [-0.15, -0.1) is 11.3 Å². The van der Waals surface area contributed by atoms with Crippen LogP contribution in [0.3, 0.4) is 0 Å². The molecular formula is C11H17N3OS. The molecule has 0 radical (unpaired) electrons. The first-order valence-electron chi connectivity index (χ1n) is 5.57. The smallest absolute Gasteiger partial charge is 0.266 e. The van der Waals surface area contributed by atoms with Gasteiger partial charge in [0, 0.05) is 25.6 Å². The molecule has 16 heavy (non-hydrogen) atoms. The highest BCUT2D eigenvalue weighted by molar-refractivity contribution is 7.13. The Bertz CT molecular complexity index is 400. The maximum absolute atomic E-state index is 12.2. The summed E-state index contributed by atoms with van der Waals surface area (Å²) in [4.78, 5) is 19.4. The third-order valence-corrected chi connectivity index (χ3v) is 3.82. The van der Waals surface area contributed by atoms with Gasteiger partial charge in [0.15, 0.2) is 0 Å². The highest BCUT2D eigenvalue weighted by atomic mass is 32.1. The Morgan fingerprint density at radius 3 is 2.94 bits per heavy atom. The fraction of sp³-hybridized carbons (Fsp3) is 0.636. The van der Waals surface area contributed by atoms with Gasteiger partial charge in [-0.25, -0.2) is 4.98 Å². The molecule has 0 saturated carbocycles. The van der Waals surface area contributed by atoms with E-state index >= 15 is 0 Å². The molecule has 2 rings (SSSR count). The number of hydrogen-bond acceptors (Lipinski definition) is 4. The Hall–Kier alpha value is -0.940. The van der Waals surface area contributed by atoms with Crippen molar-refractivity contribution in [2.24, 2.45) is 0 Å². The quantitative estimate of drug-likeness (QED) is 0.864. The average molecular weight is 239 g/mol. The molecule has 0 aromatic carbocycles. The maximum Gasteiger partial charge on any atom is 0.266 e. The summed E-state index contributed by atoms with van der Waals surface area (Å²) in [5.41, 5.74) is 0.983. The van der Waals surface area contributed by atoms with E-state index in [0.717, 1.165) is 35.1 Å². The molecule has 0 unspecified atom stereocenters. The summed E-state index contributed by atoms with van der Waals surface area (Å²) in [6.45, 7) is 5.65. The van der Waals surface area contributed by atoms with Gasteiger partial charge >= 0.3 is 0 Å². The van der Waals surface area contributed by atoms with Crippen LogP contribution in [0.4, 0.5) is 0 Å². The second kappa shape index (κ2) is 4.51. The van der Waals surface area contributed by atoms with E-state index in [4.69, 9.17) is 0 Å². The molecule has 0 bridgehead atoms. The molecule has 5 heteroatoms. The molecule has 4 nitrogen and oxygen atoms in total. The van der Waals surface area contributed by atoms with Crippen molar-refractivity contribution in [2.45, 2.75) is 32.9 Å². The summed E-state index contributed by atoms with van der Waals surface area (Å²) in [5, 5.41) is 4.07. The highest BCUT2D eigenvalue weighted by Gasteiger charge is 2.29. The summed E-state index contributed by atoms with van der Waals surface area (Å²) in [7, 11) is 1.89. The number of aromatic nitrogens is 1. The Kier molecular flexibility index (Phi) is 3.25. The standard InChI is InChI=1S/C11H17N3OS/c1-7(2)14-5-4-8-10(11(14)15)16-9(13-8)6-12-3/h7,12H,4-6H2,1-3H3. The Balaban J connectivity index is 2.26. The zero-order valence-electron chi connectivity index (χ0n) is 9.91. The maximum atomic E-state index is 12.2. The lowest BCUT2D eigenvalue weighted by Gasteiger charge is -2.29. The van der Waals surface area contributed by atoms with E-state index in [2.05, 4.69) is 24.1 Å². The van der Waals surface area contributed by atoms with Gasteiger partial charge in [-0.2, -0.15) is 0 Å². The van der Waals surface area contributed by atoms with Crippen molar-refractivity contribution in [2.75, 3.05) is 13.6 Å². The molecule has 0 aliphatic carbocycles. The normalized spacial score (nSPS) is 15.8. The van der Waals surface area contributed by atoms with Crippen LogP contribution in [0.2, 0.25) is 0 Å². The zero-order valence-corrected chi connectivity index (χ0v) is 10.7. The molecule has 0 atom stereocenters. The van der Waals surface area contributed by atoms with E-state index in [1.165, 1.54) is 11.3 Å². The summed E-state index contributed by atoms with van der Waals surface area (Å²) < 4.78 is 0. The lowest BCUT2D eigenvalue weighted by Crippen LogP contribution is -2.41. The predicted octanol–water partition coefficient (Wildman–Crippen LogP) is 1.27. The number of fused-ring (bicyclic) bond motifs is 1. The molecular weight excluding hydrogens is 222 g/mol. The molecule has 0 saturated heterocycles. The molecule has 1 amide bonds. The fourth-order valence-electron chi connectivity index (χ4n) is 1.92. The molecule has 88 valence electrons. The van der Waals surface area contributed by atoms with Crippen LogP contribution in [-0.4, -0.2) is 35.4 Å². The largest absolute Gasteiger partial charge is 0.335 e. The summed E-state index contributed by atoms with van der Waals surface area (Å²) in [6.07, 6.45) is 0.888. The number of hydrogen-bond donors (Lipinski definition) is 1. The van der Waals surface area contributed by atoms with Crippen LogP contribution in [0, 0.1) is 0 Å². The Morgan fingerprint density at radius 1 is 1.56 bits per heavy atom. The van der Waals surface area contributed by atoms with Crippen molar-refractivity contribution in [3.8, 4) is 0 Å². The lowest BCUT2D eigenvalue weighted by atomic mass is 10.1. The molecule has 1 N–H and O–H groups in total. The van der Waals surface area contributed by atoms with Gasteiger partial charge in [0.05, 0.1) is 5.69 Å². The van der Waals surface area contributed by atoms with E-state index in [1.807, 2.05) is 11.9 Å². The monoisotopic (exact) mass is 239 g/mol. The number of nitrogens with zero attached hydrogens (tertiary/aromatic N) is 2. The Labute approximate surface area is 99.7 Å². The lowest BCUT2D eigenvalue weighted by molar-refractivity contribution is 0.0693. The van der Waals surface area contributed by atoms with Gasteiger partial charge in [0.1, 0.15) is 9.88 Å². The molecule has 1 aromatic rings. The van der Waals surface area contributed by atoms with Crippen LogP contribution in [0.1, 0.15) is 34.2 Å². The van der Waals surface area contributed by atoms with Crippen molar-refractivity contribution in [1.82, 2.24) is 15.2 Å². The Morgan fingerprint density at radius 2 is 2.31 bits per heavy atom. The second-order valence-electron chi connectivity index (χ2n) is 4.26. The number of carbonyl (C=O) groups is 1. The minimum absolute atomic E-state index is 0.149. The number of rotatable bonds is 3. The van der Waals surface area contributed by atoms with Crippen LogP contribution in [-0.2, 0) is 13.0 Å². The van der Waals surface area contributed by atoms with Crippen molar-refractivity contribution in [1.29, 1.82) is 0 Å². The van der Waals surface area contributed by atoms with Crippen LogP contribution in [0.25, 0.3) is 0 Å².